The average molecular weight is 325 g/mol. The molecule has 0 bridgehead atoms. The fraction of sp³-hybridized carbons (Fsp3) is 0.200. The zero-order valence-corrected chi connectivity index (χ0v) is 12.6. The number of aliphatic hydroxyl groups excluding tert-OH is 1. The van der Waals surface area contributed by atoms with E-state index in [1.54, 1.807) is 0 Å². The number of aromatic nitrogens is 1. The molecule has 0 saturated carbocycles. The summed E-state index contributed by atoms with van der Waals surface area (Å²) in [5.41, 5.74) is 1.26. The molecule has 1 amide bonds. The second-order valence-corrected chi connectivity index (χ2v) is 5.32. The van der Waals surface area contributed by atoms with Crippen LogP contribution >= 0.6 is 23.2 Å². The largest absolute Gasteiger partial charge is 0.394 e. The van der Waals surface area contributed by atoms with E-state index in [-0.39, 0.29) is 28.3 Å². The first-order valence-corrected chi connectivity index (χ1v) is 7.12. The van der Waals surface area contributed by atoms with Crippen LogP contribution in [0, 0.1) is 0 Å². The van der Waals surface area contributed by atoms with Gasteiger partial charge in [-0.05, 0) is 18.1 Å². The molecule has 0 fully saturated rings. The van der Waals surface area contributed by atoms with Gasteiger partial charge >= 0.3 is 0 Å². The van der Waals surface area contributed by atoms with E-state index >= 15 is 0 Å². The summed E-state index contributed by atoms with van der Waals surface area (Å²) < 4.78 is 0. The van der Waals surface area contributed by atoms with E-state index in [4.69, 9.17) is 23.2 Å². The third-order valence-electron chi connectivity index (χ3n) is 2.95. The predicted molar refractivity (Wildman–Crippen MR) is 82.7 cm³/mol. The monoisotopic (exact) mass is 324 g/mol. The lowest BCUT2D eigenvalue weighted by molar-refractivity contribution is 0.0916. The molecule has 2 aromatic rings. The Morgan fingerprint density at radius 3 is 2.67 bits per heavy atom. The van der Waals surface area contributed by atoms with E-state index in [0.717, 1.165) is 5.56 Å². The lowest BCUT2D eigenvalue weighted by atomic mass is 10.1. The number of carbonyl (C=O) groups is 1. The van der Waals surface area contributed by atoms with Crippen LogP contribution in [0.4, 0.5) is 0 Å². The van der Waals surface area contributed by atoms with Gasteiger partial charge in [0, 0.05) is 6.20 Å². The topological polar surface area (TPSA) is 62.2 Å². The van der Waals surface area contributed by atoms with Crippen molar-refractivity contribution in [3.05, 3.63) is 63.9 Å². The molecule has 6 heteroatoms. The number of hydrogen-bond acceptors (Lipinski definition) is 3. The summed E-state index contributed by atoms with van der Waals surface area (Å²) in [5.74, 6) is -0.390. The number of pyridine rings is 1. The van der Waals surface area contributed by atoms with E-state index in [0.29, 0.717) is 6.42 Å². The fourth-order valence-electron chi connectivity index (χ4n) is 1.91. The number of hydrogen-bond donors (Lipinski definition) is 2. The van der Waals surface area contributed by atoms with Crippen molar-refractivity contribution in [1.29, 1.82) is 0 Å². The molecule has 0 unspecified atom stereocenters. The molecule has 1 atom stereocenters. The summed E-state index contributed by atoms with van der Waals surface area (Å²) in [5, 5.41) is 12.6. The lowest BCUT2D eigenvalue weighted by Crippen LogP contribution is -2.39. The zero-order chi connectivity index (χ0) is 15.2. The number of rotatable bonds is 5. The van der Waals surface area contributed by atoms with Crippen molar-refractivity contribution < 1.29 is 9.90 Å². The molecular formula is C15H14Cl2N2O2. The summed E-state index contributed by atoms with van der Waals surface area (Å²) in [6, 6.07) is 10.6. The Kier molecular flexibility index (Phi) is 5.56. The third kappa shape index (κ3) is 4.43. The maximum atomic E-state index is 12.2. The molecule has 0 aliphatic rings. The number of aliphatic hydroxyl groups is 1. The molecular weight excluding hydrogens is 311 g/mol. The van der Waals surface area contributed by atoms with Gasteiger partial charge in [-0.3, -0.25) is 4.79 Å². The SMILES string of the molecule is O=C(N[C@H](CO)Cc1ccccc1)c1cc(Cl)ncc1Cl. The molecule has 0 saturated heterocycles. The van der Waals surface area contributed by atoms with Crippen LogP contribution in [-0.4, -0.2) is 28.6 Å². The first-order valence-electron chi connectivity index (χ1n) is 6.37. The van der Waals surface area contributed by atoms with E-state index in [1.807, 2.05) is 30.3 Å². The van der Waals surface area contributed by atoms with Gasteiger partial charge in [-0.2, -0.15) is 0 Å². The summed E-state index contributed by atoms with van der Waals surface area (Å²) in [4.78, 5) is 16.0. The highest BCUT2D eigenvalue weighted by molar-refractivity contribution is 6.35. The molecule has 110 valence electrons. The van der Waals surface area contributed by atoms with E-state index < -0.39 is 6.04 Å². The van der Waals surface area contributed by atoms with E-state index in [2.05, 4.69) is 10.3 Å². The Balaban J connectivity index is 2.07. The first kappa shape index (κ1) is 15.8. The van der Waals surface area contributed by atoms with Gasteiger partial charge in [0.25, 0.3) is 5.91 Å². The lowest BCUT2D eigenvalue weighted by Gasteiger charge is -2.17. The Bertz CT molecular complexity index is 620. The normalized spacial score (nSPS) is 12.0. The smallest absolute Gasteiger partial charge is 0.253 e. The Labute approximate surface area is 132 Å². The summed E-state index contributed by atoms with van der Waals surface area (Å²) in [6.45, 7) is -0.170. The fourth-order valence-corrected chi connectivity index (χ4v) is 2.26. The van der Waals surface area contributed by atoms with Crippen molar-refractivity contribution in [2.75, 3.05) is 6.61 Å². The number of halogens is 2. The minimum Gasteiger partial charge on any atom is -0.394 e. The quantitative estimate of drug-likeness (QED) is 0.831. The van der Waals surface area contributed by atoms with Crippen LogP contribution in [0.15, 0.2) is 42.6 Å². The van der Waals surface area contributed by atoms with Crippen molar-refractivity contribution in [1.82, 2.24) is 10.3 Å². The molecule has 0 spiro atoms. The minimum absolute atomic E-state index is 0.170. The van der Waals surface area contributed by atoms with Gasteiger partial charge in [-0.1, -0.05) is 53.5 Å². The molecule has 4 nitrogen and oxygen atoms in total. The highest BCUT2D eigenvalue weighted by Crippen LogP contribution is 2.18. The minimum atomic E-state index is -0.400. The molecule has 0 aliphatic heterocycles. The van der Waals surface area contributed by atoms with Gasteiger partial charge in [0.05, 0.1) is 23.2 Å². The second-order valence-electron chi connectivity index (χ2n) is 4.53. The Morgan fingerprint density at radius 2 is 2.00 bits per heavy atom. The molecule has 0 radical (unpaired) electrons. The number of nitrogens with one attached hydrogen (secondary N) is 1. The van der Waals surface area contributed by atoms with Crippen LogP contribution in [0.5, 0.6) is 0 Å². The first-order chi connectivity index (χ1) is 10.1. The Hall–Kier alpha value is -1.62. The van der Waals surface area contributed by atoms with Gasteiger partial charge in [-0.25, -0.2) is 4.98 Å². The zero-order valence-electron chi connectivity index (χ0n) is 11.1. The molecule has 1 aromatic carbocycles. The van der Waals surface area contributed by atoms with Crippen molar-refractivity contribution in [3.8, 4) is 0 Å². The van der Waals surface area contributed by atoms with Crippen molar-refractivity contribution >= 4 is 29.1 Å². The Morgan fingerprint density at radius 1 is 1.29 bits per heavy atom. The van der Waals surface area contributed by atoms with Crippen LogP contribution < -0.4 is 5.32 Å². The van der Waals surface area contributed by atoms with Crippen molar-refractivity contribution in [2.24, 2.45) is 0 Å². The van der Waals surface area contributed by atoms with Gasteiger partial charge in [0.2, 0.25) is 0 Å². The van der Waals surface area contributed by atoms with Crippen LogP contribution in [0.25, 0.3) is 0 Å². The molecule has 0 aliphatic carbocycles. The van der Waals surface area contributed by atoms with E-state index in [1.165, 1.54) is 12.3 Å². The number of nitrogens with zero attached hydrogens (tertiary/aromatic N) is 1. The van der Waals surface area contributed by atoms with Gasteiger partial charge in [-0.15, -0.1) is 0 Å². The number of amides is 1. The maximum absolute atomic E-state index is 12.2. The van der Waals surface area contributed by atoms with Crippen LogP contribution in [-0.2, 0) is 6.42 Å². The van der Waals surface area contributed by atoms with Crippen LogP contribution in [0.1, 0.15) is 15.9 Å². The van der Waals surface area contributed by atoms with Crippen LogP contribution in [0.2, 0.25) is 10.2 Å². The van der Waals surface area contributed by atoms with Crippen LogP contribution in [0.3, 0.4) is 0 Å². The highest BCUT2D eigenvalue weighted by atomic mass is 35.5. The molecule has 2 rings (SSSR count). The number of carbonyl (C=O) groups excluding carboxylic acids is 1. The molecule has 1 heterocycles. The van der Waals surface area contributed by atoms with Crippen molar-refractivity contribution in [2.45, 2.75) is 12.5 Å². The van der Waals surface area contributed by atoms with Gasteiger partial charge < -0.3 is 10.4 Å². The standard InChI is InChI=1S/C15H14Cl2N2O2/c16-13-8-18-14(17)7-12(13)15(21)19-11(9-20)6-10-4-2-1-3-5-10/h1-5,7-8,11,20H,6,9H2,(H,19,21)/t11-/m0/s1. The molecule has 1 aromatic heterocycles. The highest BCUT2D eigenvalue weighted by Gasteiger charge is 2.16. The van der Waals surface area contributed by atoms with E-state index in [9.17, 15) is 9.90 Å². The van der Waals surface area contributed by atoms with Gasteiger partial charge in [0.1, 0.15) is 5.15 Å². The summed E-state index contributed by atoms with van der Waals surface area (Å²) in [7, 11) is 0. The van der Waals surface area contributed by atoms with Gasteiger partial charge in [0.15, 0.2) is 0 Å². The molecule has 21 heavy (non-hydrogen) atoms. The predicted octanol–water partition coefficient (Wildman–Crippen LogP) is 2.72. The maximum Gasteiger partial charge on any atom is 0.253 e. The summed E-state index contributed by atoms with van der Waals surface area (Å²) >= 11 is 11.7. The third-order valence-corrected chi connectivity index (χ3v) is 3.46. The second kappa shape index (κ2) is 7.41. The van der Waals surface area contributed by atoms with Crippen molar-refractivity contribution in [3.63, 3.8) is 0 Å². The summed E-state index contributed by atoms with van der Waals surface area (Å²) in [6.07, 6.45) is 1.85. The number of benzene rings is 1. The average Bonchev–Trinajstić information content (AvgIpc) is 2.50. The molecule has 2 N–H and O–H groups in total.